The summed E-state index contributed by atoms with van der Waals surface area (Å²) in [4.78, 5) is 12.5. The van der Waals surface area contributed by atoms with Crippen molar-refractivity contribution in [1.29, 1.82) is 0 Å². The number of phenols is 1. The predicted octanol–water partition coefficient (Wildman–Crippen LogP) is 2.88. The summed E-state index contributed by atoms with van der Waals surface area (Å²) >= 11 is 0. The molecular weight excluding hydrogens is 278 g/mol. The van der Waals surface area contributed by atoms with E-state index in [0.717, 1.165) is 29.5 Å². The summed E-state index contributed by atoms with van der Waals surface area (Å²) in [5.74, 6) is 0.149. The fraction of sp³-hybridized carbons (Fsp3) is 0.278. The fourth-order valence-corrected chi connectivity index (χ4v) is 3.05. The lowest BCUT2D eigenvalue weighted by Gasteiger charge is -2.20. The zero-order valence-corrected chi connectivity index (χ0v) is 12.5. The van der Waals surface area contributed by atoms with E-state index in [4.69, 9.17) is 4.74 Å². The van der Waals surface area contributed by atoms with E-state index in [1.54, 1.807) is 6.07 Å². The van der Waals surface area contributed by atoms with Gasteiger partial charge in [-0.2, -0.15) is 0 Å². The number of amides is 1. The summed E-state index contributed by atoms with van der Waals surface area (Å²) in [6.45, 7) is 0. The van der Waals surface area contributed by atoms with Crippen LogP contribution in [0.4, 0.5) is 0 Å². The Balaban J connectivity index is 1.77. The molecule has 0 unspecified atom stereocenters. The minimum atomic E-state index is -0.623. The monoisotopic (exact) mass is 297 g/mol. The normalized spacial score (nSPS) is 17.8. The minimum absolute atomic E-state index is 0.0732. The molecule has 114 valence electrons. The molecule has 0 spiro atoms. The van der Waals surface area contributed by atoms with Crippen molar-refractivity contribution in [2.75, 3.05) is 7.11 Å². The van der Waals surface area contributed by atoms with Crippen LogP contribution in [0.2, 0.25) is 0 Å². The summed E-state index contributed by atoms with van der Waals surface area (Å²) in [6, 6.07) is 14.8. The van der Waals surface area contributed by atoms with E-state index in [0.29, 0.717) is 5.75 Å². The molecule has 0 fully saturated rings. The lowest BCUT2D eigenvalue weighted by Crippen LogP contribution is -2.32. The van der Waals surface area contributed by atoms with Crippen molar-refractivity contribution in [3.8, 4) is 5.75 Å². The Morgan fingerprint density at radius 1 is 1.23 bits per heavy atom. The molecule has 0 saturated heterocycles. The predicted molar refractivity (Wildman–Crippen MR) is 83.5 cm³/mol. The van der Waals surface area contributed by atoms with Crippen LogP contribution >= 0.6 is 0 Å². The van der Waals surface area contributed by atoms with Gasteiger partial charge in [0.1, 0.15) is 5.75 Å². The number of hydrogen-bond donors (Lipinski definition) is 2. The number of benzene rings is 2. The van der Waals surface area contributed by atoms with Gasteiger partial charge in [0, 0.05) is 7.11 Å². The van der Waals surface area contributed by atoms with E-state index >= 15 is 0 Å². The van der Waals surface area contributed by atoms with Crippen LogP contribution in [0, 0.1) is 0 Å². The second kappa shape index (κ2) is 6.20. The third kappa shape index (κ3) is 2.70. The molecule has 2 aromatic carbocycles. The molecule has 0 aliphatic heterocycles. The summed E-state index contributed by atoms with van der Waals surface area (Å²) < 4.78 is 5.36. The average molecular weight is 297 g/mol. The molecule has 3 rings (SSSR count). The van der Waals surface area contributed by atoms with Crippen LogP contribution in [-0.2, 0) is 16.0 Å². The molecular formula is C18H19NO3. The van der Waals surface area contributed by atoms with Gasteiger partial charge in [0.05, 0.1) is 6.04 Å². The van der Waals surface area contributed by atoms with Crippen molar-refractivity contribution in [3.05, 3.63) is 65.2 Å². The van der Waals surface area contributed by atoms with Crippen molar-refractivity contribution in [1.82, 2.24) is 5.32 Å². The third-order valence-corrected chi connectivity index (χ3v) is 4.14. The number of hydrogen-bond acceptors (Lipinski definition) is 3. The molecule has 1 amide bonds. The maximum atomic E-state index is 12.5. The second-order valence-electron chi connectivity index (χ2n) is 5.47. The molecule has 22 heavy (non-hydrogen) atoms. The highest BCUT2D eigenvalue weighted by Gasteiger charge is 2.29. The highest BCUT2D eigenvalue weighted by Crippen LogP contribution is 2.36. The Kier molecular flexibility index (Phi) is 4.11. The van der Waals surface area contributed by atoms with E-state index in [9.17, 15) is 9.90 Å². The van der Waals surface area contributed by atoms with Gasteiger partial charge in [-0.15, -0.1) is 0 Å². The number of nitrogens with one attached hydrogen (secondary N) is 1. The van der Waals surface area contributed by atoms with E-state index in [2.05, 4.69) is 5.32 Å². The number of ether oxygens (including phenoxy) is 1. The molecule has 2 N–H and O–H groups in total. The molecule has 4 nitrogen and oxygen atoms in total. The average Bonchev–Trinajstić information content (AvgIpc) is 2.94. The van der Waals surface area contributed by atoms with E-state index < -0.39 is 6.10 Å². The quantitative estimate of drug-likeness (QED) is 0.912. The zero-order chi connectivity index (χ0) is 15.5. The number of rotatable bonds is 4. The first-order valence-corrected chi connectivity index (χ1v) is 7.39. The molecule has 2 aromatic rings. The second-order valence-corrected chi connectivity index (χ2v) is 5.47. The molecule has 1 aliphatic carbocycles. The molecule has 0 heterocycles. The van der Waals surface area contributed by atoms with Crippen molar-refractivity contribution >= 4 is 5.91 Å². The van der Waals surface area contributed by atoms with Crippen LogP contribution < -0.4 is 5.32 Å². The first kappa shape index (κ1) is 14.6. The van der Waals surface area contributed by atoms with E-state index in [1.807, 2.05) is 42.5 Å². The minimum Gasteiger partial charge on any atom is -0.508 e. The van der Waals surface area contributed by atoms with Gasteiger partial charge in [-0.3, -0.25) is 4.79 Å². The van der Waals surface area contributed by atoms with E-state index in [-0.39, 0.29) is 11.9 Å². The van der Waals surface area contributed by atoms with Gasteiger partial charge in [-0.05, 0) is 35.6 Å². The number of methoxy groups -OCH3 is 1. The van der Waals surface area contributed by atoms with Gasteiger partial charge < -0.3 is 15.2 Å². The van der Waals surface area contributed by atoms with Gasteiger partial charge in [0.2, 0.25) is 0 Å². The van der Waals surface area contributed by atoms with Crippen molar-refractivity contribution in [2.24, 2.45) is 0 Å². The first-order chi connectivity index (χ1) is 10.7. The number of carbonyl (C=O) groups is 1. The summed E-state index contributed by atoms with van der Waals surface area (Å²) in [5, 5.41) is 12.9. The van der Waals surface area contributed by atoms with Crippen LogP contribution in [0.5, 0.6) is 5.75 Å². The Labute approximate surface area is 129 Å². The van der Waals surface area contributed by atoms with Crippen LogP contribution in [0.15, 0.2) is 48.5 Å². The Bertz CT molecular complexity index is 669. The SMILES string of the molecule is CO[C@@H](C(=O)N[C@@H]1CCc2c(O)cccc21)c1ccccc1. The third-order valence-electron chi connectivity index (χ3n) is 4.14. The van der Waals surface area contributed by atoms with Gasteiger partial charge in [-0.1, -0.05) is 42.5 Å². The molecule has 0 radical (unpaired) electrons. The van der Waals surface area contributed by atoms with Crippen LogP contribution in [0.1, 0.15) is 35.3 Å². The Morgan fingerprint density at radius 2 is 2.00 bits per heavy atom. The molecule has 0 saturated carbocycles. The van der Waals surface area contributed by atoms with Gasteiger partial charge in [0.25, 0.3) is 5.91 Å². The summed E-state index contributed by atoms with van der Waals surface area (Å²) in [6.07, 6.45) is 0.947. The van der Waals surface area contributed by atoms with Gasteiger partial charge in [0.15, 0.2) is 6.10 Å². The first-order valence-electron chi connectivity index (χ1n) is 7.39. The number of phenolic OH excluding ortho intramolecular Hbond substituents is 1. The van der Waals surface area contributed by atoms with Crippen molar-refractivity contribution < 1.29 is 14.6 Å². The Morgan fingerprint density at radius 3 is 2.73 bits per heavy atom. The number of aromatic hydroxyl groups is 1. The smallest absolute Gasteiger partial charge is 0.254 e. The largest absolute Gasteiger partial charge is 0.508 e. The molecule has 2 atom stereocenters. The maximum Gasteiger partial charge on any atom is 0.254 e. The van der Waals surface area contributed by atoms with Gasteiger partial charge in [-0.25, -0.2) is 0 Å². The van der Waals surface area contributed by atoms with Gasteiger partial charge >= 0.3 is 0 Å². The van der Waals surface area contributed by atoms with Crippen LogP contribution in [-0.4, -0.2) is 18.1 Å². The standard InChI is InChI=1S/C18H19NO3/c1-22-17(12-6-3-2-4-7-12)18(21)19-15-11-10-14-13(15)8-5-9-16(14)20/h2-9,15,17,20H,10-11H2,1H3,(H,19,21)/t15-,17-/m1/s1. The van der Waals surface area contributed by atoms with Crippen LogP contribution in [0.3, 0.4) is 0 Å². The highest BCUT2D eigenvalue weighted by atomic mass is 16.5. The summed E-state index contributed by atoms with van der Waals surface area (Å²) in [5.41, 5.74) is 2.76. The van der Waals surface area contributed by atoms with Crippen molar-refractivity contribution in [3.63, 3.8) is 0 Å². The Hall–Kier alpha value is -2.33. The number of fused-ring (bicyclic) bond motifs is 1. The topological polar surface area (TPSA) is 58.6 Å². The molecule has 1 aliphatic rings. The highest BCUT2D eigenvalue weighted by molar-refractivity contribution is 5.82. The van der Waals surface area contributed by atoms with Crippen molar-refractivity contribution in [2.45, 2.75) is 25.0 Å². The molecule has 0 aromatic heterocycles. The maximum absolute atomic E-state index is 12.5. The molecule has 0 bridgehead atoms. The molecule has 4 heteroatoms. The lowest BCUT2D eigenvalue weighted by atomic mass is 10.1. The fourth-order valence-electron chi connectivity index (χ4n) is 3.05. The summed E-state index contributed by atoms with van der Waals surface area (Å²) in [7, 11) is 1.53. The zero-order valence-electron chi connectivity index (χ0n) is 12.5. The van der Waals surface area contributed by atoms with E-state index in [1.165, 1.54) is 7.11 Å². The lowest BCUT2D eigenvalue weighted by molar-refractivity contribution is -0.132. The number of carbonyl (C=O) groups excluding carboxylic acids is 1. The van der Waals surface area contributed by atoms with Crippen LogP contribution in [0.25, 0.3) is 0 Å².